The van der Waals surface area contributed by atoms with E-state index < -0.39 is 21.8 Å². The summed E-state index contributed by atoms with van der Waals surface area (Å²) in [5.74, 6) is -0.379. The van der Waals surface area contributed by atoms with Crippen molar-refractivity contribution in [2.75, 3.05) is 25.6 Å². The molecular weight excluding hydrogens is 294 g/mol. The summed E-state index contributed by atoms with van der Waals surface area (Å²) in [6.45, 7) is 3.62. The van der Waals surface area contributed by atoms with E-state index in [4.69, 9.17) is 15.2 Å². The number of ether oxygens (including phenoxy) is 2. The molecule has 0 saturated heterocycles. The number of sulfone groups is 1. The van der Waals surface area contributed by atoms with Gasteiger partial charge in [0.2, 0.25) is 0 Å². The van der Waals surface area contributed by atoms with Crippen LogP contribution < -0.4 is 5.73 Å². The first-order chi connectivity index (χ1) is 9.90. The fraction of sp³-hybridized carbons (Fsp3) is 0.500. The molecule has 0 radical (unpaired) electrons. The molecule has 0 heterocycles. The van der Waals surface area contributed by atoms with E-state index >= 15 is 0 Å². The van der Waals surface area contributed by atoms with Crippen molar-refractivity contribution >= 4 is 15.8 Å². The molecule has 0 fully saturated rings. The summed E-state index contributed by atoms with van der Waals surface area (Å²) in [5.41, 5.74) is 6.66. The summed E-state index contributed by atoms with van der Waals surface area (Å²) >= 11 is 0. The Morgan fingerprint density at radius 2 is 1.86 bits per heavy atom. The maximum atomic E-state index is 11.7. The van der Waals surface area contributed by atoms with Crippen molar-refractivity contribution < 1.29 is 22.7 Å². The highest BCUT2D eigenvalue weighted by Gasteiger charge is 2.13. The highest BCUT2D eigenvalue weighted by atomic mass is 32.2. The summed E-state index contributed by atoms with van der Waals surface area (Å²) in [6, 6.07) is 5.93. The molecule has 0 aromatic heterocycles. The van der Waals surface area contributed by atoms with Crippen LogP contribution in [0, 0.1) is 0 Å². The maximum absolute atomic E-state index is 11.7. The smallest absolute Gasteiger partial charge is 0.332 e. The lowest BCUT2D eigenvalue weighted by atomic mass is 10.1. The first-order valence-corrected chi connectivity index (χ1v) is 8.37. The van der Waals surface area contributed by atoms with Gasteiger partial charge in [0.25, 0.3) is 0 Å². The lowest BCUT2D eigenvalue weighted by Crippen LogP contribution is -2.21. The molecule has 118 valence electrons. The number of hydrogen-bond donors (Lipinski definition) is 1. The van der Waals surface area contributed by atoms with E-state index in [-0.39, 0.29) is 23.9 Å². The normalized spacial score (nSPS) is 12.9. The number of hydrogen-bond acceptors (Lipinski definition) is 6. The van der Waals surface area contributed by atoms with Crippen molar-refractivity contribution in [3.63, 3.8) is 0 Å². The van der Waals surface area contributed by atoms with Crippen LogP contribution in [0.3, 0.4) is 0 Å². The van der Waals surface area contributed by atoms with Gasteiger partial charge >= 0.3 is 5.97 Å². The molecule has 0 unspecified atom stereocenters. The average molecular weight is 315 g/mol. The van der Waals surface area contributed by atoms with Gasteiger partial charge in [-0.05, 0) is 24.6 Å². The summed E-state index contributed by atoms with van der Waals surface area (Å²) in [5, 5.41) is 0. The van der Waals surface area contributed by atoms with E-state index in [1.165, 1.54) is 12.1 Å². The monoisotopic (exact) mass is 315 g/mol. The van der Waals surface area contributed by atoms with Crippen LogP contribution in [0.1, 0.15) is 25.5 Å². The molecule has 0 amide bonds. The quantitative estimate of drug-likeness (QED) is 0.721. The van der Waals surface area contributed by atoms with E-state index in [0.717, 1.165) is 5.56 Å². The van der Waals surface area contributed by atoms with Crippen LogP contribution in [0.4, 0.5) is 0 Å². The zero-order valence-corrected chi connectivity index (χ0v) is 13.1. The minimum absolute atomic E-state index is 0.0566. The molecule has 2 N–H and O–H groups in total. The lowest BCUT2D eigenvalue weighted by Gasteiger charge is -2.13. The lowest BCUT2D eigenvalue weighted by molar-refractivity contribution is -0.148. The fourth-order valence-electron chi connectivity index (χ4n) is 1.66. The Hall–Kier alpha value is -1.44. The van der Waals surface area contributed by atoms with Crippen molar-refractivity contribution in [2.45, 2.75) is 24.8 Å². The Morgan fingerprint density at radius 3 is 2.38 bits per heavy atom. The molecular formula is C14H21NO5S. The van der Waals surface area contributed by atoms with Gasteiger partial charge in [-0.3, -0.25) is 0 Å². The first-order valence-electron chi connectivity index (χ1n) is 6.72. The van der Waals surface area contributed by atoms with Crippen molar-refractivity contribution in [1.29, 1.82) is 0 Å². The van der Waals surface area contributed by atoms with E-state index in [0.29, 0.717) is 6.61 Å². The second-order valence-electron chi connectivity index (χ2n) is 4.40. The fourth-order valence-corrected chi connectivity index (χ4v) is 2.54. The van der Waals surface area contributed by atoms with Crippen molar-refractivity contribution in [3.8, 4) is 0 Å². The van der Waals surface area contributed by atoms with Crippen LogP contribution in [0.25, 0.3) is 0 Å². The standard InChI is InChI=1S/C14H21NO5S/c1-3-20-14(16)10-19-9-13(15)11-5-7-12(8-6-11)21(17,18)4-2/h5-8,13H,3-4,9-10,15H2,1-2H3/t13-/m0/s1. The van der Waals surface area contributed by atoms with Crippen LogP contribution in [0.15, 0.2) is 29.2 Å². The SMILES string of the molecule is CCOC(=O)COC[C@H](N)c1ccc(S(=O)(=O)CC)cc1. The van der Waals surface area contributed by atoms with Crippen LogP contribution in [0.5, 0.6) is 0 Å². The Kier molecular flexibility index (Phi) is 6.80. The van der Waals surface area contributed by atoms with E-state index in [2.05, 4.69) is 0 Å². The van der Waals surface area contributed by atoms with Crippen molar-refractivity contribution in [1.82, 2.24) is 0 Å². The molecule has 0 aliphatic carbocycles. The minimum atomic E-state index is -3.21. The number of nitrogens with two attached hydrogens (primary N) is 1. The maximum Gasteiger partial charge on any atom is 0.332 e. The van der Waals surface area contributed by atoms with Gasteiger partial charge in [0.15, 0.2) is 9.84 Å². The molecule has 0 aliphatic rings. The molecule has 1 aromatic carbocycles. The number of rotatable bonds is 8. The highest BCUT2D eigenvalue weighted by Crippen LogP contribution is 2.16. The molecule has 6 nitrogen and oxygen atoms in total. The number of carbonyl (C=O) groups excluding carboxylic acids is 1. The van der Waals surface area contributed by atoms with E-state index in [9.17, 15) is 13.2 Å². The Balaban J connectivity index is 2.56. The van der Waals surface area contributed by atoms with Crippen LogP contribution in [0.2, 0.25) is 0 Å². The topological polar surface area (TPSA) is 95.7 Å². The molecule has 0 aliphatic heterocycles. The summed E-state index contributed by atoms with van der Waals surface area (Å²) in [4.78, 5) is 11.4. The van der Waals surface area contributed by atoms with Gasteiger partial charge in [0.05, 0.1) is 29.9 Å². The molecule has 1 atom stereocenters. The minimum Gasteiger partial charge on any atom is -0.464 e. The summed E-state index contributed by atoms with van der Waals surface area (Å²) in [6.07, 6.45) is 0. The van der Waals surface area contributed by atoms with E-state index in [1.54, 1.807) is 26.0 Å². The number of esters is 1. The van der Waals surface area contributed by atoms with Crippen LogP contribution in [-0.4, -0.2) is 40.0 Å². The molecule has 1 rings (SSSR count). The van der Waals surface area contributed by atoms with E-state index in [1.807, 2.05) is 0 Å². The number of carbonyl (C=O) groups is 1. The van der Waals surface area contributed by atoms with Gasteiger partial charge in [-0.2, -0.15) is 0 Å². The third-order valence-corrected chi connectivity index (χ3v) is 4.62. The summed E-state index contributed by atoms with van der Waals surface area (Å²) < 4.78 is 33.3. The largest absolute Gasteiger partial charge is 0.464 e. The average Bonchev–Trinajstić information content (AvgIpc) is 2.47. The highest BCUT2D eigenvalue weighted by molar-refractivity contribution is 7.91. The molecule has 0 spiro atoms. The Labute approximate surface area is 125 Å². The first kappa shape index (κ1) is 17.6. The molecule has 0 bridgehead atoms. The zero-order chi connectivity index (χ0) is 15.9. The van der Waals surface area contributed by atoms with Gasteiger partial charge in [0, 0.05) is 0 Å². The Bertz CT molecular complexity index is 553. The van der Waals surface area contributed by atoms with Crippen molar-refractivity contribution in [3.05, 3.63) is 29.8 Å². The summed E-state index contributed by atoms with van der Waals surface area (Å²) in [7, 11) is -3.21. The van der Waals surface area contributed by atoms with Crippen molar-refractivity contribution in [2.24, 2.45) is 5.73 Å². The van der Waals surface area contributed by atoms with Gasteiger partial charge in [0.1, 0.15) is 6.61 Å². The Morgan fingerprint density at radius 1 is 1.24 bits per heavy atom. The number of benzene rings is 1. The molecule has 21 heavy (non-hydrogen) atoms. The zero-order valence-electron chi connectivity index (χ0n) is 12.2. The third kappa shape index (κ3) is 5.45. The van der Waals surface area contributed by atoms with Gasteiger partial charge in [-0.25, -0.2) is 13.2 Å². The predicted molar refractivity (Wildman–Crippen MR) is 78.5 cm³/mol. The second-order valence-corrected chi connectivity index (χ2v) is 6.68. The third-order valence-electron chi connectivity index (χ3n) is 2.87. The van der Waals surface area contributed by atoms with Gasteiger partial charge < -0.3 is 15.2 Å². The van der Waals surface area contributed by atoms with Crippen LogP contribution >= 0.6 is 0 Å². The predicted octanol–water partition coefficient (Wildman–Crippen LogP) is 1.06. The second kappa shape index (κ2) is 8.11. The molecule has 1 aromatic rings. The molecule has 0 saturated carbocycles. The van der Waals surface area contributed by atoms with Gasteiger partial charge in [-0.1, -0.05) is 19.1 Å². The molecule has 7 heteroatoms. The van der Waals surface area contributed by atoms with Gasteiger partial charge in [-0.15, -0.1) is 0 Å². The van der Waals surface area contributed by atoms with Crippen LogP contribution in [-0.2, 0) is 24.1 Å².